The fourth-order valence-corrected chi connectivity index (χ4v) is 2.36. The number of anilines is 2. The largest absolute Gasteiger partial charge is 0.383 e. The van der Waals surface area contributed by atoms with E-state index in [-0.39, 0.29) is 11.5 Å². The van der Waals surface area contributed by atoms with Crippen molar-refractivity contribution in [3.05, 3.63) is 37.4 Å². The van der Waals surface area contributed by atoms with Crippen molar-refractivity contribution in [1.82, 2.24) is 14.5 Å². The zero-order chi connectivity index (χ0) is 14.5. The van der Waals surface area contributed by atoms with Crippen molar-refractivity contribution in [1.29, 1.82) is 0 Å². The monoisotopic (exact) mass is 295 g/mol. The van der Waals surface area contributed by atoms with Crippen LogP contribution in [0.15, 0.2) is 20.5 Å². The average molecular weight is 295 g/mol. The molecule has 0 spiro atoms. The smallest absolute Gasteiger partial charge is 0.330 e. The Kier molecular flexibility index (Phi) is 4.57. The van der Waals surface area contributed by atoms with Crippen molar-refractivity contribution in [2.45, 2.75) is 32.9 Å². The van der Waals surface area contributed by atoms with Crippen LogP contribution in [0.25, 0.3) is 0 Å². The van der Waals surface area contributed by atoms with Gasteiger partial charge in [0.1, 0.15) is 11.5 Å². The molecular formula is C12H17N5O2S. The molecule has 2 rings (SSSR count). The molecule has 0 aliphatic heterocycles. The first-order valence-electron chi connectivity index (χ1n) is 6.37. The van der Waals surface area contributed by atoms with E-state index in [1.165, 1.54) is 15.9 Å². The summed E-state index contributed by atoms with van der Waals surface area (Å²) < 4.78 is 1.38. The first-order valence-corrected chi connectivity index (χ1v) is 7.31. The Balaban J connectivity index is 2.27. The fourth-order valence-electron chi connectivity index (χ4n) is 1.80. The van der Waals surface area contributed by atoms with E-state index in [0.717, 1.165) is 18.5 Å². The van der Waals surface area contributed by atoms with Crippen LogP contribution in [0.3, 0.4) is 0 Å². The van der Waals surface area contributed by atoms with Gasteiger partial charge in [0.2, 0.25) is 0 Å². The summed E-state index contributed by atoms with van der Waals surface area (Å²) in [5, 5.41) is 4.82. The number of thiazole rings is 1. The van der Waals surface area contributed by atoms with E-state index in [4.69, 9.17) is 5.73 Å². The van der Waals surface area contributed by atoms with Gasteiger partial charge in [0.15, 0.2) is 0 Å². The number of nitrogens with zero attached hydrogens (tertiary/aromatic N) is 2. The molecule has 0 aliphatic rings. The van der Waals surface area contributed by atoms with Crippen molar-refractivity contribution in [3.8, 4) is 0 Å². The predicted molar refractivity (Wildman–Crippen MR) is 80.1 cm³/mol. The van der Waals surface area contributed by atoms with Gasteiger partial charge in [0.25, 0.3) is 5.56 Å². The van der Waals surface area contributed by atoms with Crippen LogP contribution in [-0.4, -0.2) is 14.5 Å². The summed E-state index contributed by atoms with van der Waals surface area (Å²) in [6.07, 6.45) is 1.76. The van der Waals surface area contributed by atoms with E-state index in [1.54, 1.807) is 5.51 Å². The number of aromatic nitrogens is 3. The van der Waals surface area contributed by atoms with Gasteiger partial charge in [-0.3, -0.25) is 14.3 Å². The number of hydrogen-bond acceptors (Lipinski definition) is 6. The lowest BCUT2D eigenvalue weighted by molar-refractivity contribution is 0.605. The maximum atomic E-state index is 11.8. The first kappa shape index (κ1) is 14.3. The van der Waals surface area contributed by atoms with Gasteiger partial charge in [0, 0.05) is 11.9 Å². The summed E-state index contributed by atoms with van der Waals surface area (Å²) >= 11 is 1.48. The maximum absolute atomic E-state index is 11.8. The SMILES string of the molecule is CCCCn1c(N)c(NCc2cscn2)c(=O)[nH]c1=O. The Morgan fingerprint density at radius 2 is 2.30 bits per heavy atom. The normalized spacial score (nSPS) is 10.7. The number of nitrogens with two attached hydrogens (primary N) is 1. The number of rotatable bonds is 6. The third kappa shape index (κ3) is 3.08. The highest BCUT2D eigenvalue weighted by Crippen LogP contribution is 2.12. The molecule has 0 amide bonds. The quantitative estimate of drug-likeness (QED) is 0.737. The number of hydrogen-bond donors (Lipinski definition) is 3. The van der Waals surface area contributed by atoms with Gasteiger partial charge in [-0.05, 0) is 6.42 Å². The van der Waals surface area contributed by atoms with Gasteiger partial charge < -0.3 is 11.1 Å². The van der Waals surface area contributed by atoms with E-state index < -0.39 is 11.2 Å². The van der Waals surface area contributed by atoms with E-state index in [2.05, 4.69) is 15.3 Å². The molecule has 0 bridgehead atoms. The fraction of sp³-hybridized carbons (Fsp3) is 0.417. The maximum Gasteiger partial charge on any atom is 0.330 e. The van der Waals surface area contributed by atoms with Crippen molar-refractivity contribution >= 4 is 22.8 Å². The standard InChI is InChI=1S/C12H17N5O2S/c1-2-3-4-17-10(13)9(11(18)16-12(17)19)14-5-8-6-20-7-15-8/h6-7,14H,2-5,13H2,1H3,(H,16,18,19). The summed E-state index contributed by atoms with van der Waals surface area (Å²) in [4.78, 5) is 30.0. The zero-order valence-corrected chi connectivity index (χ0v) is 12.0. The molecule has 0 unspecified atom stereocenters. The summed E-state index contributed by atoms with van der Waals surface area (Å²) in [5.74, 6) is 0.169. The Hall–Kier alpha value is -2.09. The molecule has 2 heterocycles. The van der Waals surface area contributed by atoms with E-state index >= 15 is 0 Å². The summed E-state index contributed by atoms with van der Waals surface area (Å²) in [6.45, 7) is 2.90. The molecule has 0 saturated carbocycles. The molecule has 108 valence electrons. The zero-order valence-electron chi connectivity index (χ0n) is 11.2. The van der Waals surface area contributed by atoms with Gasteiger partial charge in [-0.1, -0.05) is 13.3 Å². The molecule has 4 N–H and O–H groups in total. The van der Waals surface area contributed by atoms with Crippen LogP contribution in [0.4, 0.5) is 11.5 Å². The second-order valence-corrected chi connectivity index (χ2v) is 5.08. The Labute approximate surface area is 119 Å². The highest BCUT2D eigenvalue weighted by Gasteiger charge is 2.11. The van der Waals surface area contributed by atoms with Crippen molar-refractivity contribution in [3.63, 3.8) is 0 Å². The molecule has 8 heteroatoms. The van der Waals surface area contributed by atoms with Crippen LogP contribution in [0, 0.1) is 0 Å². The van der Waals surface area contributed by atoms with Crippen LogP contribution in [0.1, 0.15) is 25.5 Å². The highest BCUT2D eigenvalue weighted by atomic mass is 32.1. The molecule has 0 aromatic carbocycles. The number of unbranched alkanes of at least 4 members (excludes halogenated alkanes) is 1. The predicted octanol–water partition coefficient (Wildman–Crippen LogP) is 0.988. The Morgan fingerprint density at radius 3 is 2.95 bits per heavy atom. The van der Waals surface area contributed by atoms with E-state index in [1.807, 2.05) is 12.3 Å². The van der Waals surface area contributed by atoms with Gasteiger partial charge in [0.05, 0.1) is 17.7 Å². The lowest BCUT2D eigenvalue weighted by Crippen LogP contribution is -2.34. The molecule has 2 aromatic heterocycles. The minimum absolute atomic E-state index is 0.169. The topological polar surface area (TPSA) is 106 Å². The third-order valence-corrected chi connectivity index (χ3v) is 3.54. The number of nitrogens with one attached hydrogen (secondary N) is 2. The second kappa shape index (κ2) is 6.38. The van der Waals surface area contributed by atoms with Crippen molar-refractivity contribution in [2.24, 2.45) is 0 Å². The van der Waals surface area contributed by atoms with Crippen LogP contribution in [0.5, 0.6) is 0 Å². The van der Waals surface area contributed by atoms with E-state index in [0.29, 0.717) is 13.1 Å². The number of nitrogen functional groups attached to an aromatic ring is 1. The summed E-state index contributed by atoms with van der Waals surface area (Å²) in [5.41, 5.74) is 7.70. The van der Waals surface area contributed by atoms with Crippen LogP contribution < -0.4 is 22.3 Å². The van der Waals surface area contributed by atoms with Gasteiger partial charge >= 0.3 is 5.69 Å². The molecule has 20 heavy (non-hydrogen) atoms. The van der Waals surface area contributed by atoms with Gasteiger partial charge in [-0.25, -0.2) is 9.78 Å². The molecular weight excluding hydrogens is 278 g/mol. The third-order valence-electron chi connectivity index (χ3n) is 2.90. The van der Waals surface area contributed by atoms with Gasteiger partial charge in [-0.15, -0.1) is 11.3 Å². The highest BCUT2D eigenvalue weighted by molar-refractivity contribution is 7.07. The van der Waals surface area contributed by atoms with Crippen LogP contribution in [-0.2, 0) is 13.1 Å². The van der Waals surface area contributed by atoms with Crippen molar-refractivity contribution < 1.29 is 0 Å². The Bertz CT molecular complexity index is 674. The minimum Gasteiger partial charge on any atom is -0.383 e. The molecule has 2 aromatic rings. The summed E-state index contributed by atoms with van der Waals surface area (Å²) in [6, 6.07) is 0. The molecule has 0 radical (unpaired) electrons. The summed E-state index contributed by atoms with van der Waals surface area (Å²) in [7, 11) is 0. The average Bonchev–Trinajstić information content (AvgIpc) is 2.91. The van der Waals surface area contributed by atoms with Crippen molar-refractivity contribution in [2.75, 3.05) is 11.1 Å². The molecule has 0 atom stereocenters. The van der Waals surface area contributed by atoms with Crippen LogP contribution >= 0.6 is 11.3 Å². The lowest BCUT2D eigenvalue weighted by Gasteiger charge is -2.13. The molecule has 0 aliphatic carbocycles. The molecule has 0 fully saturated rings. The number of H-pyrrole nitrogens is 1. The minimum atomic E-state index is -0.504. The lowest BCUT2D eigenvalue weighted by atomic mass is 10.3. The van der Waals surface area contributed by atoms with Crippen LogP contribution in [0.2, 0.25) is 0 Å². The van der Waals surface area contributed by atoms with E-state index in [9.17, 15) is 9.59 Å². The van der Waals surface area contributed by atoms with Gasteiger partial charge in [-0.2, -0.15) is 0 Å². The number of aromatic amines is 1. The molecule has 7 nitrogen and oxygen atoms in total. The second-order valence-electron chi connectivity index (χ2n) is 4.36. The molecule has 0 saturated heterocycles. The first-order chi connectivity index (χ1) is 9.63. The Morgan fingerprint density at radius 1 is 1.50 bits per heavy atom.